The Hall–Kier alpha value is -0.980. The van der Waals surface area contributed by atoms with Crippen molar-refractivity contribution in [2.75, 3.05) is 33.7 Å². The second kappa shape index (κ2) is 6.42. The number of carbonyl (C=O) groups excluding carboxylic acids is 1. The molecule has 0 aromatic carbocycles. The van der Waals surface area contributed by atoms with Crippen LogP contribution in [-0.4, -0.2) is 71.4 Å². The maximum Gasteiger partial charge on any atom is 0.222 e. The second-order valence-electron chi connectivity index (χ2n) is 6.25. The Balaban J connectivity index is 1.65. The van der Waals surface area contributed by atoms with E-state index in [9.17, 15) is 4.79 Å². The first-order valence-electron chi connectivity index (χ1n) is 7.72. The van der Waals surface area contributed by atoms with Crippen molar-refractivity contribution >= 4 is 17.2 Å². The summed E-state index contributed by atoms with van der Waals surface area (Å²) in [5.41, 5.74) is 0. The molecule has 0 unspecified atom stereocenters. The second-order valence-corrected chi connectivity index (χ2v) is 7.23. The van der Waals surface area contributed by atoms with E-state index in [2.05, 4.69) is 33.8 Å². The minimum absolute atomic E-state index is 0.342. The van der Waals surface area contributed by atoms with Gasteiger partial charge in [0.15, 0.2) is 0 Å². The van der Waals surface area contributed by atoms with Crippen molar-refractivity contribution in [2.24, 2.45) is 0 Å². The van der Waals surface area contributed by atoms with Gasteiger partial charge in [-0.3, -0.25) is 9.69 Å². The van der Waals surface area contributed by atoms with Crippen LogP contribution in [-0.2, 0) is 11.3 Å². The summed E-state index contributed by atoms with van der Waals surface area (Å²) >= 11 is 1.72. The van der Waals surface area contributed by atoms with Crippen LogP contribution in [0.2, 0.25) is 0 Å². The number of nitrogens with zero attached hydrogens (tertiary/aromatic N) is 4. The number of amides is 1. The molecule has 2 saturated heterocycles. The minimum Gasteiger partial charge on any atom is -0.337 e. The van der Waals surface area contributed by atoms with Gasteiger partial charge in [-0.05, 0) is 26.9 Å². The van der Waals surface area contributed by atoms with Crippen LogP contribution in [0.15, 0.2) is 11.6 Å². The summed E-state index contributed by atoms with van der Waals surface area (Å²) in [6.45, 7) is 3.83. The molecule has 6 heteroatoms. The molecule has 2 aliphatic heterocycles. The van der Waals surface area contributed by atoms with Gasteiger partial charge in [-0.1, -0.05) is 0 Å². The van der Waals surface area contributed by atoms with Gasteiger partial charge in [0.1, 0.15) is 5.01 Å². The lowest BCUT2D eigenvalue weighted by atomic mass is 9.96. The maximum atomic E-state index is 12.3. The summed E-state index contributed by atoms with van der Waals surface area (Å²) in [5.74, 6) is 0.342. The first kappa shape index (κ1) is 14.9. The predicted octanol–water partition coefficient (Wildman–Crippen LogP) is 1.27. The normalized spacial score (nSPS) is 26.6. The molecule has 1 aromatic rings. The summed E-state index contributed by atoms with van der Waals surface area (Å²) in [7, 11) is 4.13. The van der Waals surface area contributed by atoms with Crippen LogP contribution in [0.1, 0.15) is 24.3 Å². The van der Waals surface area contributed by atoms with Gasteiger partial charge in [-0.2, -0.15) is 0 Å². The smallest absolute Gasteiger partial charge is 0.222 e. The fraction of sp³-hybridized carbons (Fsp3) is 0.733. The third-order valence-electron chi connectivity index (χ3n) is 4.61. The van der Waals surface area contributed by atoms with E-state index in [1.165, 1.54) is 5.01 Å². The van der Waals surface area contributed by atoms with Crippen molar-refractivity contribution in [1.82, 2.24) is 19.7 Å². The van der Waals surface area contributed by atoms with Crippen LogP contribution < -0.4 is 0 Å². The summed E-state index contributed by atoms with van der Waals surface area (Å²) < 4.78 is 0. The van der Waals surface area contributed by atoms with Gasteiger partial charge < -0.3 is 9.80 Å². The zero-order valence-corrected chi connectivity index (χ0v) is 13.7. The highest BCUT2D eigenvalue weighted by molar-refractivity contribution is 7.09. The Morgan fingerprint density at radius 1 is 1.38 bits per heavy atom. The van der Waals surface area contributed by atoms with Crippen molar-refractivity contribution in [1.29, 1.82) is 0 Å². The number of piperidine rings is 1. The molecule has 0 radical (unpaired) electrons. The number of likely N-dealkylation sites (tertiary alicyclic amines) is 2. The molecular weight excluding hydrogens is 284 g/mol. The van der Waals surface area contributed by atoms with Gasteiger partial charge in [0, 0.05) is 49.7 Å². The molecule has 0 spiro atoms. The monoisotopic (exact) mass is 308 g/mol. The molecular formula is C15H24N4OS. The first-order valence-corrected chi connectivity index (χ1v) is 8.60. The lowest BCUT2D eigenvalue weighted by Gasteiger charge is -2.40. The van der Waals surface area contributed by atoms with Crippen LogP contribution in [0.5, 0.6) is 0 Å². The molecule has 0 bridgehead atoms. The Kier molecular flexibility index (Phi) is 4.57. The van der Waals surface area contributed by atoms with Gasteiger partial charge in [-0.15, -0.1) is 11.3 Å². The number of rotatable bonds is 5. The van der Waals surface area contributed by atoms with E-state index >= 15 is 0 Å². The Morgan fingerprint density at radius 2 is 2.24 bits per heavy atom. The van der Waals surface area contributed by atoms with E-state index in [0.29, 0.717) is 24.4 Å². The maximum absolute atomic E-state index is 12.3. The van der Waals surface area contributed by atoms with Crippen molar-refractivity contribution in [2.45, 2.75) is 37.9 Å². The average molecular weight is 308 g/mol. The SMILES string of the molecule is CN(C)CCN1C(=O)CC[C@@H]2[C@H]1CCN2Cc1nccs1. The highest BCUT2D eigenvalue weighted by Crippen LogP contribution is 2.32. The van der Waals surface area contributed by atoms with Gasteiger partial charge in [0.05, 0.1) is 6.54 Å². The molecule has 21 heavy (non-hydrogen) atoms. The number of fused-ring (bicyclic) bond motifs is 1. The fourth-order valence-corrected chi connectivity index (χ4v) is 4.18. The highest BCUT2D eigenvalue weighted by Gasteiger charge is 2.42. The zero-order chi connectivity index (χ0) is 14.8. The highest BCUT2D eigenvalue weighted by atomic mass is 32.1. The van der Waals surface area contributed by atoms with Gasteiger partial charge in [0.2, 0.25) is 5.91 Å². The molecule has 2 aliphatic rings. The molecule has 1 amide bonds. The van der Waals surface area contributed by atoms with E-state index in [1.807, 2.05) is 11.6 Å². The fourth-order valence-electron chi connectivity index (χ4n) is 3.54. The van der Waals surface area contributed by atoms with Crippen LogP contribution in [0, 0.1) is 0 Å². The number of aromatic nitrogens is 1. The van der Waals surface area contributed by atoms with Crippen molar-refractivity contribution in [3.63, 3.8) is 0 Å². The van der Waals surface area contributed by atoms with Crippen LogP contribution >= 0.6 is 11.3 Å². The Bertz CT molecular complexity index is 476. The number of hydrogen-bond donors (Lipinski definition) is 0. The van der Waals surface area contributed by atoms with Crippen molar-refractivity contribution < 1.29 is 4.79 Å². The lowest BCUT2D eigenvalue weighted by molar-refractivity contribution is -0.137. The number of likely N-dealkylation sites (N-methyl/N-ethyl adjacent to an activating group) is 1. The summed E-state index contributed by atoms with van der Waals surface area (Å²) in [5, 5.41) is 3.23. The third kappa shape index (κ3) is 3.27. The number of hydrogen-bond acceptors (Lipinski definition) is 5. The Morgan fingerprint density at radius 3 is 2.95 bits per heavy atom. The van der Waals surface area contributed by atoms with E-state index in [0.717, 1.165) is 39.0 Å². The van der Waals surface area contributed by atoms with Crippen LogP contribution in [0.3, 0.4) is 0 Å². The molecule has 0 N–H and O–H groups in total. The standard InChI is InChI=1S/C15H24N4OS/c1-17(2)8-9-19-13-5-7-18(11-14-16-6-10-21-14)12(13)3-4-15(19)20/h6,10,12-13H,3-5,7-9,11H2,1-2H3/t12-,13-/m1/s1. The molecule has 0 aliphatic carbocycles. The molecule has 2 atom stereocenters. The summed E-state index contributed by atoms with van der Waals surface area (Å²) in [4.78, 5) is 23.5. The van der Waals surface area contributed by atoms with E-state index < -0.39 is 0 Å². The molecule has 0 saturated carbocycles. The molecule has 3 rings (SSSR count). The predicted molar refractivity (Wildman–Crippen MR) is 84.2 cm³/mol. The number of carbonyl (C=O) groups is 1. The van der Waals surface area contributed by atoms with Gasteiger partial charge in [0.25, 0.3) is 0 Å². The molecule has 1 aromatic heterocycles. The first-order chi connectivity index (χ1) is 10.1. The van der Waals surface area contributed by atoms with Crippen molar-refractivity contribution in [3.05, 3.63) is 16.6 Å². The zero-order valence-electron chi connectivity index (χ0n) is 12.9. The van der Waals surface area contributed by atoms with Crippen molar-refractivity contribution in [3.8, 4) is 0 Å². The topological polar surface area (TPSA) is 39.7 Å². The number of thiazole rings is 1. The van der Waals surface area contributed by atoms with Gasteiger partial charge in [-0.25, -0.2) is 4.98 Å². The quantitative estimate of drug-likeness (QED) is 0.821. The van der Waals surface area contributed by atoms with Crippen LogP contribution in [0.25, 0.3) is 0 Å². The summed E-state index contributed by atoms with van der Waals surface area (Å²) in [6.07, 6.45) is 4.69. The molecule has 3 heterocycles. The molecule has 116 valence electrons. The summed E-state index contributed by atoms with van der Waals surface area (Å²) in [6, 6.07) is 0.930. The van der Waals surface area contributed by atoms with Gasteiger partial charge >= 0.3 is 0 Å². The Labute approximate surface area is 130 Å². The van der Waals surface area contributed by atoms with Crippen LogP contribution in [0.4, 0.5) is 0 Å². The molecule has 5 nitrogen and oxygen atoms in total. The lowest BCUT2D eigenvalue weighted by Crippen LogP contribution is -2.53. The van der Waals surface area contributed by atoms with E-state index in [1.54, 1.807) is 11.3 Å². The molecule has 2 fully saturated rings. The minimum atomic E-state index is 0.342. The van der Waals surface area contributed by atoms with E-state index in [4.69, 9.17) is 0 Å². The largest absolute Gasteiger partial charge is 0.337 e. The average Bonchev–Trinajstić information content (AvgIpc) is 3.08. The van der Waals surface area contributed by atoms with E-state index in [-0.39, 0.29) is 0 Å². The third-order valence-corrected chi connectivity index (χ3v) is 5.37.